The summed E-state index contributed by atoms with van der Waals surface area (Å²) in [5.41, 5.74) is 2.21. The second-order valence-corrected chi connectivity index (χ2v) is 9.76. The van der Waals surface area contributed by atoms with E-state index in [9.17, 15) is 14.7 Å². The van der Waals surface area contributed by atoms with Crippen molar-refractivity contribution in [3.63, 3.8) is 0 Å². The van der Waals surface area contributed by atoms with Gasteiger partial charge in [-0.1, -0.05) is 78.3 Å². The van der Waals surface area contributed by atoms with Crippen molar-refractivity contribution in [2.24, 2.45) is 0 Å². The molecule has 1 aromatic heterocycles. The number of rotatable bonds is 3. The fourth-order valence-electron chi connectivity index (χ4n) is 3.78. The maximum Gasteiger partial charge on any atom is 0.301 e. The third-order valence-corrected chi connectivity index (χ3v) is 6.05. The van der Waals surface area contributed by atoms with Crippen molar-refractivity contribution < 1.29 is 19.2 Å². The summed E-state index contributed by atoms with van der Waals surface area (Å²) in [4.78, 5) is 27.5. The number of aromatic nitrogens is 1. The molecule has 0 bridgehead atoms. The summed E-state index contributed by atoms with van der Waals surface area (Å²) in [5, 5.41) is 15.1. The molecule has 2 aromatic carbocycles. The first kappa shape index (κ1) is 22.0. The van der Waals surface area contributed by atoms with Crippen LogP contribution < -0.4 is 4.90 Å². The van der Waals surface area contributed by atoms with E-state index in [-0.39, 0.29) is 22.6 Å². The molecule has 164 valence electrons. The van der Waals surface area contributed by atoms with Gasteiger partial charge in [0.1, 0.15) is 11.5 Å². The highest BCUT2D eigenvalue weighted by atomic mass is 79.9. The molecule has 7 heteroatoms. The number of halogens is 1. The third-order valence-electron chi connectivity index (χ3n) is 5.52. The molecule has 1 saturated heterocycles. The van der Waals surface area contributed by atoms with E-state index in [1.165, 1.54) is 4.90 Å². The maximum atomic E-state index is 13.1. The highest BCUT2D eigenvalue weighted by molar-refractivity contribution is 9.10. The molecule has 1 N–H and O–H groups in total. The molecule has 0 radical (unpaired) electrons. The molecule has 2 heterocycles. The number of Topliss-reactive ketones (excluding diaryl/α,β-unsaturated/α-hetero) is 1. The Labute approximate surface area is 194 Å². The molecule has 1 aliphatic rings. The number of hydrogen-bond donors (Lipinski definition) is 1. The summed E-state index contributed by atoms with van der Waals surface area (Å²) in [6.45, 7) is 8.04. The normalized spacial score (nSPS) is 18.4. The van der Waals surface area contributed by atoms with Gasteiger partial charge in [0.15, 0.2) is 5.82 Å². The van der Waals surface area contributed by atoms with Crippen molar-refractivity contribution in [3.05, 3.63) is 87.1 Å². The molecule has 0 unspecified atom stereocenters. The number of anilines is 1. The number of nitrogens with zero attached hydrogens (tertiary/aromatic N) is 2. The van der Waals surface area contributed by atoms with Crippen LogP contribution in [-0.4, -0.2) is 22.0 Å². The Morgan fingerprint density at radius 2 is 1.69 bits per heavy atom. The zero-order valence-electron chi connectivity index (χ0n) is 18.2. The lowest BCUT2D eigenvalue weighted by Crippen LogP contribution is -2.29. The largest absolute Gasteiger partial charge is 0.507 e. The number of aliphatic hydroxyl groups is 1. The monoisotopic (exact) mass is 494 g/mol. The standard InChI is InChI=1S/C25H23BrN2O4/c1-14-13-19(27-32-14)28-21(15-5-9-17(10-6-15)25(2,3)4)20(23(30)24(28)31)22(29)16-7-11-18(26)12-8-16/h5-13,21,29H,1-4H3/t21-/m0/s1. The molecule has 0 aliphatic carbocycles. The Bertz CT molecular complexity index is 1220. The maximum absolute atomic E-state index is 13.1. The summed E-state index contributed by atoms with van der Waals surface area (Å²) >= 11 is 3.37. The van der Waals surface area contributed by atoms with Crippen LogP contribution in [0.5, 0.6) is 0 Å². The van der Waals surface area contributed by atoms with Crippen molar-refractivity contribution in [1.29, 1.82) is 0 Å². The van der Waals surface area contributed by atoms with Crippen LogP contribution >= 0.6 is 15.9 Å². The Morgan fingerprint density at radius 1 is 1.06 bits per heavy atom. The van der Waals surface area contributed by atoms with Crippen LogP contribution in [0.4, 0.5) is 5.82 Å². The fourth-order valence-corrected chi connectivity index (χ4v) is 4.04. The van der Waals surface area contributed by atoms with Crippen LogP contribution in [0.2, 0.25) is 0 Å². The van der Waals surface area contributed by atoms with Gasteiger partial charge in [-0.05, 0) is 35.6 Å². The number of aliphatic hydroxyl groups excluding tert-OH is 1. The van der Waals surface area contributed by atoms with E-state index in [1.807, 2.05) is 24.3 Å². The molecular formula is C25H23BrN2O4. The minimum absolute atomic E-state index is 0.0153. The van der Waals surface area contributed by atoms with Gasteiger partial charge in [0.2, 0.25) is 0 Å². The minimum Gasteiger partial charge on any atom is -0.507 e. The van der Waals surface area contributed by atoms with Crippen LogP contribution in [0, 0.1) is 6.92 Å². The molecule has 0 spiro atoms. The van der Waals surface area contributed by atoms with Gasteiger partial charge in [-0.3, -0.25) is 14.5 Å². The van der Waals surface area contributed by atoms with Gasteiger partial charge >= 0.3 is 5.91 Å². The fraction of sp³-hybridized carbons (Fsp3) is 0.240. The predicted octanol–water partition coefficient (Wildman–Crippen LogP) is 5.67. The van der Waals surface area contributed by atoms with Crippen LogP contribution in [-0.2, 0) is 15.0 Å². The topological polar surface area (TPSA) is 83.6 Å². The molecule has 3 aromatic rings. The molecule has 1 fully saturated rings. The quantitative estimate of drug-likeness (QED) is 0.288. The molecule has 32 heavy (non-hydrogen) atoms. The SMILES string of the molecule is Cc1cc(N2C(=O)C(=O)C(=C(O)c3ccc(Br)cc3)[C@@H]2c2ccc(C(C)(C)C)cc2)no1. The average Bonchev–Trinajstić information content (AvgIpc) is 3.28. The summed E-state index contributed by atoms with van der Waals surface area (Å²) in [6, 6.07) is 15.4. The van der Waals surface area contributed by atoms with Gasteiger partial charge in [-0.25, -0.2) is 0 Å². The van der Waals surface area contributed by atoms with E-state index in [0.717, 1.165) is 10.0 Å². The minimum atomic E-state index is -0.836. The van der Waals surface area contributed by atoms with Crippen molar-refractivity contribution in [1.82, 2.24) is 5.16 Å². The Kier molecular flexibility index (Phi) is 5.54. The number of carbonyl (C=O) groups excluding carboxylic acids is 2. The average molecular weight is 495 g/mol. The summed E-state index contributed by atoms with van der Waals surface area (Å²) in [7, 11) is 0. The number of hydrogen-bond acceptors (Lipinski definition) is 5. The molecule has 6 nitrogen and oxygen atoms in total. The van der Waals surface area contributed by atoms with E-state index < -0.39 is 17.7 Å². The second-order valence-electron chi connectivity index (χ2n) is 8.84. The Hall–Kier alpha value is -3.19. The van der Waals surface area contributed by atoms with E-state index in [0.29, 0.717) is 16.9 Å². The van der Waals surface area contributed by atoms with Crippen LogP contribution in [0.3, 0.4) is 0 Å². The predicted molar refractivity (Wildman–Crippen MR) is 125 cm³/mol. The first-order valence-corrected chi connectivity index (χ1v) is 11.0. The molecule has 1 aliphatic heterocycles. The zero-order valence-corrected chi connectivity index (χ0v) is 19.8. The highest BCUT2D eigenvalue weighted by Crippen LogP contribution is 2.42. The number of aryl methyl sites for hydroxylation is 1. The van der Waals surface area contributed by atoms with Crippen LogP contribution in [0.1, 0.15) is 49.3 Å². The zero-order chi connectivity index (χ0) is 23.2. The summed E-state index contributed by atoms with van der Waals surface area (Å²) in [6.07, 6.45) is 0. The Balaban J connectivity index is 1.91. The second kappa shape index (κ2) is 8.06. The molecule has 4 rings (SSSR count). The lowest BCUT2D eigenvalue weighted by Gasteiger charge is -2.24. The molecular weight excluding hydrogens is 472 g/mol. The number of carbonyl (C=O) groups is 2. The van der Waals surface area contributed by atoms with Crippen molar-refractivity contribution in [3.8, 4) is 0 Å². The molecule has 0 saturated carbocycles. The lowest BCUT2D eigenvalue weighted by molar-refractivity contribution is -0.132. The first-order valence-electron chi connectivity index (χ1n) is 10.2. The number of benzene rings is 2. The van der Waals surface area contributed by atoms with Gasteiger partial charge in [0.25, 0.3) is 5.78 Å². The van der Waals surface area contributed by atoms with Crippen LogP contribution in [0.15, 0.2) is 69.2 Å². The lowest BCUT2D eigenvalue weighted by atomic mass is 9.85. The first-order chi connectivity index (χ1) is 15.1. The van der Waals surface area contributed by atoms with Gasteiger partial charge in [-0.15, -0.1) is 0 Å². The van der Waals surface area contributed by atoms with E-state index in [2.05, 4.69) is 41.9 Å². The van der Waals surface area contributed by atoms with E-state index in [1.54, 1.807) is 37.3 Å². The summed E-state index contributed by atoms with van der Waals surface area (Å²) in [5.74, 6) is -1.03. The van der Waals surface area contributed by atoms with Gasteiger partial charge in [-0.2, -0.15) is 0 Å². The molecule has 1 amide bonds. The highest BCUT2D eigenvalue weighted by Gasteiger charge is 2.48. The van der Waals surface area contributed by atoms with E-state index >= 15 is 0 Å². The Morgan fingerprint density at radius 3 is 2.22 bits per heavy atom. The van der Waals surface area contributed by atoms with E-state index in [4.69, 9.17) is 4.52 Å². The van der Waals surface area contributed by atoms with Crippen molar-refractivity contribution in [2.45, 2.75) is 39.2 Å². The van der Waals surface area contributed by atoms with Gasteiger partial charge in [0.05, 0.1) is 11.6 Å². The van der Waals surface area contributed by atoms with Gasteiger partial charge < -0.3 is 9.63 Å². The number of ketones is 1. The third kappa shape index (κ3) is 3.88. The van der Waals surface area contributed by atoms with Crippen molar-refractivity contribution in [2.75, 3.05) is 4.90 Å². The number of amides is 1. The van der Waals surface area contributed by atoms with Crippen molar-refractivity contribution >= 4 is 39.2 Å². The van der Waals surface area contributed by atoms with Gasteiger partial charge in [0, 0.05) is 16.1 Å². The van der Waals surface area contributed by atoms with Crippen LogP contribution in [0.25, 0.3) is 5.76 Å². The smallest absolute Gasteiger partial charge is 0.301 e. The summed E-state index contributed by atoms with van der Waals surface area (Å²) < 4.78 is 6.00. The molecule has 1 atom stereocenters.